The van der Waals surface area contributed by atoms with Gasteiger partial charge in [0, 0.05) is 14.2 Å². The first-order valence-corrected chi connectivity index (χ1v) is 6.27. The van der Waals surface area contributed by atoms with Crippen LogP contribution < -0.4 is 0 Å². The van der Waals surface area contributed by atoms with Gasteiger partial charge in [-0.25, -0.2) is 0 Å². The van der Waals surface area contributed by atoms with E-state index in [1.54, 1.807) is 7.11 Å². The summed E-state index contributed by atoms with van der Waals surface area (Å²) in [5, 5.41) is 9.90. The first-order valence-electron chi connectivity index (χ1n) is 6.27. The number of aliphatic hydroxyl groups is 1. The average Bonchev–Trinajstić information content (AvgIpc) is 2.75. The van der Waals surface area contributed by atoms with E-state index in [0.717, 1.165) is 5.56 Å². The fourth-order valence-corrected chi connectivity index (χ4v) is 2.19. The van der Waals surface area contributed by atoms with Crippen molar-refractivity contribution in [1.82, 2.24) is 0 Å². The van der Waals surface area contributed by atoms with E-state index in [0.29, 0.717) is 13.2 Å². The van der Waals surface area contributed by atoms with E-state index in [-0.39, 0.29) is 6.10 Å². The summed E-state index contributed by atoms with van der Waals surface area (Å²) < 4.78 is 21.4. The van der Waals surface area contributed by atoms with Gasteiger partial charge in [0.2, 0.25) is 0 Å². The van der Waals surface area contributed by atoms with Crippen LogP contribution in [0.15, 0.2) is 30.3 Å². The molecule has 0 saturated carbocycles. The minimum Gasteiger partial charge on any atom is -0.385 e. The lowest BCUT2D eigenvalue weighted by atomic mass is 10.1. The molecule has 106 valence electrons. The predicted octanol–water partition coefficient (Wildman–Crippen LogP) is 0.950. The molecule has 0 spiro atoms. The fraction of sp³-hybridized carbons (Fsp3) is 0.571. The predicted molar refractivity (Wildman–Crippen MR) is 68.6 cm³/mol. The summed E-state index contributed by atoms with van der Waals surface area (Å²) in [6.45, 7) is 0.856. The van der Waals surface area contributed by atoms with Crippen molar-refractivity contribution in [2.45, 2.75) is 31.2 Å². The molecule has 19 heavy (non-hydrogen) atoms. The highest BCUT2D eigenvalue weighted by atomic mass is 16.7. The maximum atomic E-state index is 9.90. The van der Waals surface area contributed by atoms with Crippen LogP contribution in [0.2, 0.25) is 0 Å². The van der Waals surface area contributed by atoms with Crippen molar-refractivity contribution in [1.29, 1.82) is 0 Å². The zero-order chi connectivity index (χ0) is 13.7. The van der Waals surface area contributed by atoms with Crippen molar-refractivity contribution in [3.05, 3.63) is 35.9 Å². The highest BCUT2D eigenvalue weighted by Gasteiger charge is 2.44. The second-order valence-corrected chi connectivity index (χ2v) is 4.47. The van der Waals surface area contributed by atoms with E-state index in [1.807, 2.05) is 30.3 Å². The molecule has 1 aromatic carbocycles. The number of aliphatic hydroxyl groups excluding tert-OH is 1. The minimum atomic E-state index is -0.791. The highest BCUT2D eigenvalue weighted by Crippen LogP contribution is 2.24. The summed E-state index contributed by atoms with van der Waals surface area (Å²) in [6.07, 6.45) is -2.20. The van der Waals surface area contributed by atoms with Gasteiger partial charge in [-0.3, -0.25) is 0 Å². The maximum Gasteiger partial charge on any atom is 0.186 e. The highest BCUT2D eigenvalue weighted by molar-refractivity contribution is 5.13. The molecule has 1 fully saturated rings. The molecular formula is C14H20O5. The zero-order valence-corrected chi connectivity index (χ0v) is 11.2. The third-order valence-corrected chi connectivity index (χ3v) is 3.19. The molecule has 1 aliphatic heterocycles. The molecular weight excluding hydrogens is 248 g/mol. The van der Waals surface area contributed by atoms with Crippen LogP contribution in [-0.2, 0) is 25.6 Å². The number of methoxy groups -OCH3 is 2. The summed E-state index contributed by atoms with van der Waals surface area (Å²) in [5.74, 6) is 0. The van der Waals surface area contributed by atoms with Crippen LogP contribution in [0.4, 0.5) is 0 Å². The Labute approximate surface area is 113 Å². The van der Waals surface area contributed by atoms with Crippen molar-refractivity contribution in [2.75, 3.05) is 20.8 Å². The molecule has 5 nitrogen and oxygen atoms in total. The summed E-state index contributed by atoms with van der Waals surface area (Å²) in [7, 11) is 3.04. The molecule has 5 heteroatoms. The first kappa shape index (κ1) is 14.4. The van der Waals surface area contributed by atoms with Crippen LogP contribution in [0.1, 0.15) is 5.56 Å². The quantitative estimate of drug-likeness (QED) is 0.832. The normalized spacial score (nSPS) is 30.7. The molecule has 1 aromatic rings. The largest absolute Gasteiger partial charge is 0.385 e. The molecule has 1 heterocycles. The zero-order valence-electron chi connectivity index (χ0n) is 11.2. The monoisotopic (exact) mass is 268 g/mol. The third kappa shape index (κ3) is 3.52. The second kappa shape index (κ2) is 6.98. The summed E-state index contributed by atoms with van der Waals surface area (Å²) in [4.78, 5) is 0. The van der Waals surface area contributed by atoms with E-state index in [2.05, 4.69) is 0 Å². The van der Waals surface area contributed by atoms with Crippen molar-refractivity contribution in [2.24, 2.45) is 0 Å². The van der Waals surface area contributed by atoms with Crippen molar-refractivity contribution < 1.29 is 24.1 Å². The van der Waals surface area contributed by atoms with Gasteiger partial charge < -0.3 is 24.1 Å². The Morgan fingerprint density at radius 1 is 1.16 bits per heavy atom. The Balaban J connectivity index is 1.82. The molecule has 0 unspecified atom stereocenters. The molecule has 2 rings (SSSR count). The lowest BCUT2D eigenvalue weighted by Gasteiger charge is -2.18. The molecule has 1 saturated heterocycles. The van der Waals surface area contributed by atoms with E-state index < -0.39 is 18.5 Å². The molecule has 0 bridgehead atoms. The van der Waals surface area contributed by atoms with Crippen LogP contribution in [0.25, 0.3) is 0 Å². The smallest absolute Gasteiger partial charge is 0.186 e. The summed E-state index contributed by atoms with van der Waals surface area (Å²) >= 11 is 0. The lowest BCUT2D eigenvalue weighted by Crippen LogP contribution is -2.36. The number of rotatable bonds is 6. The Hall–Kier alpha value is -0.980. The lowest BCUT2D eigenvalue weighted by molar-refractivity contribution is -0.156. The van der Waals surface area contributed by atoms with Gasteiger partial charge in [-0.2, -0.15) is 0 Å². The van der Waals surface area contributed by atoms with Gasteiger partial charge in [0.25, 0.3) is 0 Å². The molecule has 1 N–H and O–H groups in total. The molecule has 4 atom stereocenters. The Kier molecular flexibility index (Phi) is 5.30. The molecule has 0 amide bonds. The van der Waals surface area contributed by atoms with E-state index in [9.17, 15) is 5.11 Å². The van der Waals surface area contributed by atoms with Gasteiger partial charge in [0.05, 0.1) is 13.2 Å². The fourth-order valence-electron chi connectivity index (χ4n) is 2.19. The Morgan fingerprint density at radius 3 is 2.53 bits per heavy atom. The van der Waals surface area contributed by atoms with Gasteiger partial charge in [0.1, 0.15) is 18.3 Å². The molecule has 0 aliphatic carbocycles. The van der Waals surface area contributed by atoms with Crippen molar-refractivity contribution in [3.63, 3.8) is 0 Å². The Bertz CT molecular complexity index is 369. The first-order chi connectivity index (χ1) is 9.26. The summed E-state index contributed by atoms with van der Waals surface area (Å²) in [6, 6.07) is 9.89. The number of hydrogen-bond donors (Lipinski definition) is 1. The molecule has 0 radical (unpaired) electrons. The maximum absolute atomic E-state index is 9.90. The second-order valence-electron chi connectivity index (χ2n) is 4.47. The third-order valence-electron chi connectivity index (χ3n) is 3.19. The van der Waals surface area contributed by atoms with E-state index in [4.69, 9.17) is 18.9 Å². The van der Waals surface area contributed by atoms with Crippen LogP contribution >= 0.6 is 0 Å². The SMILES string of the molecule is CO[C@@H]1O[C@H](COCc2ccccc2)[C@H](OC)[C@H]1O. The molecule has 1 aliphatic rings. The van der Waals surface area contributed by atoms with Crippen LogP contribution in [0, 0.1) is 0 Å². The van der Waals surface area contributed by atoms with Gasteiger partial charge in [-0.05, 0) is 5.56 Å². The topological polar surface area (TPSA) is 57.2 Å². The number of benzene rings is 1. The van der Waals surface area contributed by atoms with E-state index in [1.165, 1.54) is 7.11 Å². The van der Waals surface area contributed by atoms with Crippen molar-refractivity contribution in [3.8, 4) is 0 Å². The van der Waals surface area contributed by atoms with Gasteiger partial charge in [0.15, 0.2) is 6.29 Å². The standard InChI is InChI=1S/C14H20O5/c1-16-13-11(19-14(17-2)12(13)15)9-18-8-10-6-4-3-5-7-10/h3-7,11-15H,8-9H2,1-2H3/t11-,12-,13+,14-/m1/s1. The van der Waals surface area contributed by atoms with Crippen LogP contribution in [0.3, 0.4) is 0 Å². The van der Waals surface area contributed by atoms with Gasteiger partial charge in [-0.1, -0.05) is 30.3 Å². The minimum absolute atomic E-state index is 0.325. The van der Waals surface area contributed by atoms with Gasteiger partial charge >= 0.3 is 0 Å². The van der Waals surface area contributed by atoms with Crippen molar-refractivity contribution >= 4 is 0 Å². The number of hydrogen-bond acceptors (Lipinski definition) is 5. The van der Waals surface area contributed by atoms with Crippen LogP contribution in [-0.4, -0.2) is 50.5 Å². The van der Waals surface area contributed by atoms with Crippen LogP contribution in [0.5, 0.6) is 0 Å². The van der Waals surface area contributed by atoms with E-state index >= 15 is 0 Å². The Morgan fingerprint density at radius 2 is 1.89 bits per heavy atom. The average molecular weight is 268 g/mol. The number of ether oxygens (including phenoxy) is 4. The summed E-state index contributed by atoms with van der Waals surface area (Å²) in [5.41, 5.74) is 1.10. The van der Waals surface area contributed by atoms with Gasteiger partial charge in [-0.15, -0.1) is 0 Å². The molecule has 0 aromatic heterocycles.